The number of hydrogen-bond acceptors (Lipinski definition) is 0. The normalized spacial score (nSPS) is 18.6. The summed E-state index contributed by atoms with van der Waals surface area (Å²) in [5, 5.41) is 0. The van der Waals surface area contributed by atoms with Crippen molar-refractivity contribution in [2.75, 3.05) is 0 Å². The zero-order valence-electron chi connectivity index (χ0n) is 9.82. The molecule has 0 rings (SSSR count). The summed E-state index contributed by atoms with van der Waals surface area (Å²) in [5.74, 6) is -5.16. The molecule has 3 unspecified atom stereocenters. The second-order valence-electron chi connectivity index (χ2n) is 4.49. The van der Waals surface area contributed by atoms with Gasteiger partial charge in [-0.1, -0.05) is 13.8 Å². The Morgan fingerprint density at radius 3 is 1.94 bits per heavy atom. The SMILES string of the molecule is CCC(F)CC(C(F)F)C(C)CC(C)(F)F. The Labute approximate surface area is 93.2 Å². The molecule has 5 heteroatoms. The third kappa shape index (κ3) is 6.28. The molecule has 0 aromatic rings. The van der Waals surface area contributed by atoms with E-state index in [1.807, 2.05) is 0 Å². The predicted octanol–water partition coefficient (Wildman–Crippen LogP) is 4.69. The van der Waals surface area contributed by atoms with Gasteiger partial charge in [0, 0.05) is 12.3 Å². The lowest BCUT2D eigenvalue weighted by Crippen LogP contribution is -2.28. The van der Waals surface area contributed by atoms with Crippen LogP contribution in [0, 0.1) is 11.8 Å². The topological polar surface area (TPSA) is 0 Å². The molecule has 0 aromatic heterocycles. The number of alkyl halides is 5. The molecule has 0 saturated heterocycles. The van der Waals surface area contributed by atoms with Gasteiger partial charge in [0.05, 0.1) is 0 Å². The van der Waals surface area contributed by atoms with Crippen LogP contribution in [0.1, 0.15) is 40.0 Å². The molecule has 0 nitrogen and oxygen atoms in total. The minimum Gasteiger partial charge on any atom is -0.247 e. The quantitative estimate of drug-likeness (QED) is 0.572. The lowest BCUT2D eigenvalue weighted by molar-refractivity contribution is -0.0377. The molecule has 0 aliphatic rings. The molecule has 0 amide bonds. The Hall–Kier alpha value is -0.350. The van der Waals surface area contributed by atoms with Crippen LogP contribution in [0.25, 0.3) is 0 Å². The Morgan fingerprint density at radius 1 is 1.12 bits per heavy atom. The third-order valence-electron chi connectivity index (χ3n) is 2.71. The first-order valence-electron chi connectivity index (χ1n) is 5.47. The smallest absolute Gasteiger partial charge is 0.245 e. The van der Waals surface area contributed by atoms with Crippen LogP contribution in [0.4, 0.5) is 22.0 Å². The maximum Gasteiger partial charge on any atom is 0.245 e. The van der Waals surface area contributed by atoms with Crippen molar-refractivity contribution < 1.29 is 22.0 Å². The van der Waals surface area contributed by atoms with Crippen LogP contribution in [0.15, 0.2) is 0 Å². The Morgan fingerprint density at radius 2 is 1.62 bits per heavy atom. The van der Waals surface area contributed by atoms with Crippen molar-refractivity contribution >= 4 is 0 Å². The lowest BCUT2D eigenvalue weighted by atomic mass is 9.85. The maximum atomic E-state index is 13.0. The molecule has 16 heavy (non-hydrogen) atoms. The summed E-state index contributed by atoms with van der Waals surface area (Å²) in [6.07, 6.45) is -4.92. The van der Waals surface area contributed by atoms with Crippen molar-refractivity contribution in [3.63, 3.8) is 0 Å². The van der Waals surface area contributed by atoms with Crippen LogP contribution in [-0.4, -0.2) is 18.5 Å². The summed E-state index contributed by atoms with van der Waals surface area (Å²) in [5.41, 5.74) is 0. The van der Waals surface area contributed by atoms with Gasteiger partial charge >= 0.3 is 0 Å². The molecule has 3 atom stereocenters. The summed E-state index contributed by atoms with van der Waals surface area (Å²) in [6, 6.07) is 0. The van der Waals surface area contributed by atoms with Crippen LogP contribution >= 0.6 is 0 Å². The van der Waals surface area contributed by atoms with Gasteiger partial charge in [0.2, 0.25) is 12.3 Å². The van der Waals surface area contributed by atoms with E-state index in [0.717, 1.165) is 0 Å². The van der Waals surface area contributed by atoms with Gasteiger partial charge in [-0.15, -0.1) is 0 Å². The molecule has 98 valence electrons. The Bertz CT molecular complexity index is 187. The average Bonchev–Trinajstić information content (AvgIpc) is 2.09. The van der Waals surface area contributed by atoms with Crippen molar-refractivity contribution in [3.8, 4) is 0 Å². The third-order valence-corrected chi connectivity index (χ3v) is 2.71. The molecule has 0 bridgehead atoms. The molecule has 0 N–H and O–H groups in total. The van der Waals surface area contributed by atoms with Gasteiger partial charge in [-0.3, -0.25) is 0 Å². The minimum absolute atomic E-state index is 0.137. The van der Waals surface area contributed by atoms with Crippen LogP contribution in [0.2, 0.25) is 0 Å². The van der Waals surface area contributed by atoms with Gasteiger partial charge in [-0.05, 0) is 25.7 Å². The van der Waals surface area contributed by atoms with Crippen LogP contribution < -0.4 is 0 Å². The molecule has 0 aromatic carbocycles. The second kappa shape index (κ2) is 6.40. The van der Waals surface area contributed by atoms with Gasteiger partial charge in [0.1, 0.15) is 6.17 Å². The van der Waals surface area contributed by atoms with Crippen molar-refractivity contribution in [1.82, 2.24) is 0 Å². The van der Waals surface area contributed by atoms with E-state index in [1.54, 1.807) is 6.92 Å². The Balaban J connectivity index is 4.41. The fourth-order valence-electron chi connectivity index (χ4n) is 1.76. The van der Waals surface area contributed by atoms with Crippen LogP contribution in [-0.2, 0) is 0 Å². The predicted molar refractivity (Wildman–Crippen MR) is 53.7 cm³/mol. The van der Waals surface area contributed by atoms with Gasteiger partial charge < -0.3 is 0 Å². The summed E-state index contributed by atoms with van der Waals surface area (Å²) in [6.45, 7) is 3.57. The molecule has 0 saturated carbocycles. The summed E-state index contributed by atoms with van der Waals surface area (Å²) in [7, 11) is 0. The molecule has 0 fully saturated rings. The summed E-state index contributed by atoms with van der Waals surface area (Å²) >= 11 is 0. The first kappa shape index (κ1) is 15.7. The monoisotopic (exact) mass is 246 g/mol. The largest absolute Gasteiger partial charge is 0.247 e. The van der Waals surface area contributed by atoms with Gasteiger partial charge in [-0.25, -0.2) is 22.0 Å². The highest BCUT2D eigenvalue weighted by Gasteiger charge is 2.34. The minimum atomic E-state index is -2.98. The van der Waals surface area contributed by atoms with Crippen molar-refractivity contribution in [2.45, 2.75) is 58.6 Å². The highest BCUT2D eigenvalue weighted by Crippen LogP contribution is 2.33. The molecular formula is C11H19F5. The van der Waals surface area contributed by atoms with Gasteiger partial charge in [-0.2, -0.15) is 0 Å². The van der Waals surface area contributed by atoms with E-state index < -0.39 is 36.8 Å². The first-order chi connectivity index (χ1) is 7.17. The van der Waals surface area contributed by atoms with Gasteiger partial charge in [0.25, 0.3) is 0 Å². The zero-order chi connectivity index (χ0) is 12.9. The molecule has 0 spiro atoms. The highest BCUT2D eigenvalue weighted by molar-refractivity contribution is 4.76. The van der Waals surface area contributed by atoms with Crippen LogP contribution in [0.5, 0.6) is 0 Å². The zero-order valence-corrected chi connectivity index (χ0v) is 9.82. The summed E-state index contributed by atoms with van der Waals surface area (Å²) in [4.78, 5) is 0. The molecule has 0 aliphatic carbocycles. The fraction of sp³-hybridized carbons (Fsp3) is 1.00. The Kier molecular flexibility index (Phi) is 6.26. The maximum absolute atomic E-state index is 13.0. The molecular weight excluding hydrogens is 227 g/mol. The molecule has 0 aliphatic heterocycles. The van der Waals surface area contributed by atoms with Crippen molar-refractivity contribution in [3.05, 3.63) is 0 Å². The molecule has 0 radical (unpaired) electrons. The average molecular weight is 246 g/mol. The fourth-order valence-corrected chi connectivity index (χ4v) is 1.76. The number of halogens is 5. The van der Waals surface area contributed by atoms with E-state index in [4.69, 9.17) is 0 Å². The van der Waals surface area contributed by atoms with Crippen LogP contribution in [0.3, 0.4) is 0 Å². The summed E-state index contributed by atoms with van der Waals surface area (Å²) < 4.78 is 63.6. The second-order valence-corrected chi connectivity index (χ2v) is 4.49. The first-order valence-corrected chi connectivity index (χ1v) is 5.47. The van der Waals surface area contributed by atoms with Crippen molar-refractivity contribution in [2.24, 2.45) is 11.8 Å². The van der Waals surface area contributed by atoms with E-state index in [2.05, 4.69) is 0 Å². The highest BCUT2D eigenvalue weighted by atomic mass is 19.3. The lowest BCUT2D eigenvalue weighted by Gasteiger charge is -2.26. The van der Waals surface area contributed by atoms with E-state index >= 15 is 0 Å². The van der Waals surface area contributed by atoms with E-state index in [-0.39, 0.29) is 12.8 Å². The number of hydrogen-bond donors (Lipinski definition) is 0. The molecule has 0 heterocycles. The number of rotatable bonds is 7. The van der Waals surface area contributed by atoms with E-state index in [1.165, 1.54) is 6.92 Å². The van der Waals surface area contributed by atoms with Crippen molar-refractivity contribution in [1.29, 1.82) is 0 Å². The van der Waals surface area contributed by atoms with E-state index in [9.17, 15) is 22.0 Å². The standard InChI is InChI=1S/C11H19F5/c1-4-8(12)5-9(10(13)14)7(2)6-11(3,15)16/h7-10H,4-6H2,1-3H3. The van der Waals surface area contributed by atoms with E-state index in [0.29, 0.717) is 6.92 Å². The van der Waals surface area contributed by atoms with Gasteiger partial charge in [0.15, 0.2) is 0 Å².